The molecule has 0 aromatic heterocycles. The molecule has 59 heavy (non-hydrogen) atoms. The van der Waals surface area contributed by atoms with Crippen molar-refractivity contribution in [3.05, 3.63) is 54.1 Å². The van der Waals surface area contributed by atoms with E-state index < -0.39 is 6.10 Å². The zero-order valence-electron chi connectivity index (χ0n) is 38.3. The third kappa shape index (κ3) is 17.1. The van der Waals surface area contributed by atoms with Crippen molar-refractivity contribution in [1.82, 2.24) is 0 Å². The Labute approximate surface area is 358 Å². The highest BCUT2D eigenvalue weighted by Crippen LogP contribution is 2.43. The molecule has 2 saturated heterocycles. The summed E-state index contributed by atoms with van der Waals surface area (Å²) >= 11 is 0. The largest absolute Gasteiger partial charge is 0.494 e. The summed E-state index contributed by atoms with van der Waals surface area (Å²) in [5.74, 6) is 0.589. The van der Waals surface area contributed by atoms with Crippen LogP contribution in [0.1, 0.15) is 188 Å². The van der Waals surface area contributed by atoms with E-state index in [2.05, 4.69) is 60.6 Å². The van der Waals surface area contributed by atoms with Crippen LogP contribution in [0.25, 0.3) is 11.1 Å². The van der Waals surface area contributed by atoms with Crippen molar-refractivity contribution in [3.8, 4) is 16.9 Å². The summed E-state index contributed by atoms with van der Waals surface area (Å²) < 4.78 is 36.8. The molecule has 0 spiro atoms. The van der Waals surface area contributed by atoms with E-state index in [0.29, 0.717) is 18.6 Å². The lowest BCUT2D eigenvalue weighted by atomic mass is 9.70. The number of benzene rings is 2. The SMILES string of the molecule is CCCCCCCC1OC(C)CC(CC(C)(C)C(O)CC(C)(C)C2CC(CC)OC(CCCCCCCCCOc3ccc(-c4ccc(C(=O)OCC)cc4)cc3)O2)O1. The summed E-state index contributed by atoms with van der Waals surface area (Å²) in [7, 11) is 0. The Morgan fingerprint density at radius 1 is 0.712 bits per heavy atom. The molecule has 2 aromatic rings. The number of carbonyl (C=O) groups is 1. The first-order valence-corrected chi connectivity index (χ1v) is 23.6. The van der Waals surface area contributed by atoms with Gasteiger partial charge in [0.05, 0.1) is 49.3 Å². The number of hydrogen-bond acceptors (Lipinski definition) is 8. The minimum absolute atomic E-state index is 0.0460. The van der Waals surface area contributed by atoms with Gasteiger partial charge in [0.15, 0.2) is 12.6 Å². The van der Waals surface area contributed by atoms with Gasteiger partial charge in [0.1, 0.15) is 5.75 Å². The standard InChI is InChI=1S/C51H82O8/c1-9-12-13-17-20-23-47-56-38(4)34-44(58-47)36-50(5,6)45(52)37-51(7,8)46-35-42(10-2)57-48(59-46)24-21-18-15-14-16-19-22-33-55-43-31-29-40(30-32-43)39-25-27-41(28-26-39)49(53)54-11-3/h25-32,38,42,44-48,52H,9-24,33-37H2,1-8H3. The molecule has 8 heteroatoms. The first kappa shape index (κ1) is 49.2. The minimum atomic E-state index is -0.467. The molecule has 0 amide bonds. The maximum Gasteiger partial charge on any atom is 0.338 e. The first-order valence-electron chi connectivity index (χ1n) is 23.6. The molecule has 7 atom stereocenters. The van der Waals surface area contributed by atoms with Crippen LogP contribution in [-0.4, -0.2) is 67.4 Å². The van der Waals surface area contributed by atoms with Crippen LogP contribution < -0.4 is 4.74 Å². The molecule has 7 unspecified atom stereocenters. The van der Waals surface area contributed by atoms with Crippen LogP contribution in [0, 0.1) is 10.8 Å². The molecule has 0 aliphatic carbocycles. The van der Waals surface area contributed by atoms with E-state index in [0.717, 1.165) is 87.7 Å². The van der Waals surface area contributed by atoms with Crippen LogP contribution >= 0.6 is 0 Å². The molecule has 0 saturated carbocycles. The minimum Gasteiger partial charge on any atom is -0.494 e. The number of rotatable bonds is 27. The van der Waals surface area contributed by atoms with Crippen molar-refractivity contribution >= 4 is 5.97 Å². The third-order valence-corrected chi connectivity index (χ3v) is 12.6. The number of unbranched alkanes of at least 4 members (excludes halogenated alkanes) is 10. The van der Waals surface area contributed by atoms with E-state index in [9.17, 15) is 9.90 Å². The number of hydrogen-bond donors (Lipinski definition) is 1. The summed E-state index contributed by atoms with van der Waals surface area (Å²) in [6.45, 7) is 18.5. The molecule has 8 nitrogen and oxygen atoms in total. The summed E-state index contributed by atoms with van der Waals surface area (Å²) in [5, 5.41) is 11.7. The summed E-state index contributed by atoms with van der Waals surface area (Å²) in [6, 6.07) is 15.7. The van der Waals surface area contributed by atoms with E-state index in [1.807, 2.05) is 31.2 Å². The van der Waals surface area contributed by atoms with E-state index in [-0.39, 0.29) is 53.8 Å². The van der Waals surface area contributed by atoms with E-state index in [4.69, 9.17) is 28.4 Å². The summed E-state index contributed by atoms with van der Waals surface area (Å²) in [4.78, 5) is 11.9. The summed E-state index contributed by atoms with van der Waals surface area (Å²) in [6.07, 6.45) is 20.2. The second-order valence-electron chi connectivity index (χ2n) is 18.9. The van der Waals surface area contributed by atoms with E-state index in [1.54, 1.807) is 12.1 Å². The fourth-order valence-corrected chi connectivity index (χ4v) is 8.72. The Morgan fingerprint density at radius 2 is 1.27 bits per heavy atom. The van der Waals surface area contributed by atoms with Gasteiger partial charge in [0, 0.05) is 6.42 Å². The van der Waals surface area contributed by atoms with Gasteiger partial charge in [-0.2, -0.15) is 0 Å². The fourth-order valence-electron chi connectivity index (χ4n) is 8.72. The third-order valence-electron chi connectivity index (χ3n) is 12.6. The molecular weight excluding hydrogens is 741 g/mol. The molecule has 4 rings (SSSR count). The number of carbonyl (C=O) groups excluding carboxylic acids is 1. The maximum atomic E-state index is 11.9. The number of aliphatic hydroxyl groups excluding tert-OH is 1. The molecule has 2 aliphatic heterocycles. The van der Waals surface area contributed by atoms with Crippen LogP contribution in [0.3, 0.4) is 0 Å². The first-order chi connectivity index (χ1) is 28.3. The summed E-state index contributed by atoms with van der Waals surface area (Å²) in [5.41, 5.74) is 2.22. The fraction of sp³-hybridized carbons (Fsp3) is 0.745. The van der Waals surface area contributed by atoms with Crippen LogP contribution in [-0.2, 0) is 23.7 Å². The van der Waals surface area contributed by atoms with Crippen LogP contribution in [0.4, 0.5) is 0 Å². The van der Waals surface area contributed by atoms with Crippen molar-refractivity contribution in [2.75, 3.05) is 13.2 Å². The molecule has 2 fully saturated rings. The molecular formula is C51H82O8. The monoisotopic (exact) mass is 823 g/mol. The van der Waals surface area contributed by atoms with Crippen molar-refractivity contribution in [2.24, 2.45) is 10.8 Å². The van der Waals surface area contributed by atoms with Gasteiger partial charge < -0.3 is 33.5 Å². The number of ether oxygens (including phenoxy) is 6. The van der Waals surface area contributed by atoms with Gasteiger partial charge in [0.25, 0.3) is 0 Å². The van der Waals surface area contributed by atoms with Crippen LogP contribution in [0.2, 0.25) is 0 Å². The Bertz CT molecular complexity index is 1440. The van der Waals surface area contributed by atoms with Crippen molar-refractivity contribution in [2.45, 2.75) is 220 Å². The molecule has 0 radical (unpaired) electrons. The lowest BCUT2D eigenvalue weighted by Crippen LogP contribution is -2.48. The maximum absolute atomic E-state index is 11.9. The van der Waals surface area contributed by atoms with Gasteiger partial charge in [-0.1, -0.05) is 124 Å². The highest BCUT2D eigenvalue weighted by molar-refractivity contribution is 5.90. The highest BCUT2D eigenvalue weighted by atomic mass is 16.7. The Hall–Kier alpha value is -2.49. The van der Waals surface area contributed by atoms with Gasteiger partial charge in [-0.3, -0.25) is 0 Å². The van der Waals surface area contributed by atoms with Gasteiger partial charge in [0.2, 0.25) is 0 Å². The number of esters is 1. The average Bonchev–Trinajstić information content (AvgIpc) is 3.21. The molecule has 0 bridgehead atoms. The van der Waals surface area contributed by atoms with Crippen LogP contribution in [0.5, 0.6) is 5.75 Å². The Kier molecular flexibility index (Phi) is 21.2. The molecule has 2 aliphatic rings. The zero-order valence-corrected chi connectivity index (χ0v) is 38.3. The van der Waals surface area contributed by atoms with Crippen molar-refractivity contribution in [3.63, 3.8) is 0 Å². The average molecular weight is 823 g/mol. The zero-order chi connectivity index (χ0) is 42.7. The molecule has 1 N–H and O–H groups in total. The smallest absolute Gasteiger partial charge is 0.338 e. The predicted molar refractivity (Wildman–Crippen MR) is 239 cm³/mol. The second-order valence-corrected chi connectivity index (χ2v) is 18.9. The topological polar surface area (TPSA) is 92.7 Å². The van der Waals surface area contributed by atoms with Gasteiger partial charge in [-0.05, 0) is 118 Å². The van der Waals surface area contributed by atoms with Gasteiger partial charge in [-0.15, -0.1) is 0 Å². The van der Waals surface area contributed by atoms with E-state index >= 15 is 0 Å². The number of aliphatic hydroxyl groups is 1. The quantitative estimate of drug-likeness (QED) is 0.0703. The highest BCUT2D eigenvalue weighted by Gasteiger charge is 2.43. The van der Waals surface area contributed by atoms with Gasteiger partial charge in [-0.25, -0.2) is 4.79 Å². The Balaban J connectivity index is 1.10. The predicted octanol–water partition coefficient (Wildman–Crippen LogP) is 13.0. The van der Waals surface area contributed by atoms with E-state index in [1.165, 1.54) is 51.4 Å². The molecule has 334 valence electrons. The lowest BCUT2D eigenvalue weighted by molar-refractivity contribution is -0.269. The van der Waals surface area contributed by atoms with Gasteiger partial charge >= 0.3 is 5.97 Å². The van der Waals surface area contributed by atoms with Crippen molar-refractivity contribution < 1.29 is 38.3 Å². The van der Waals surface area contributed by atoms with Crippen molar-refractivity contribution in [1.29, 1.82) is 0 Å². The molecule has 2 aromatic carbocycles. The van der Waals surface area contributed by atoms with Crippen LogP contribution in [0.15, 0.2) is 48.5 Å². The normalized spacial score (nSPS) is 23.2. The Morgan fingerprint density at radius 3 is 1.88 bits per heavy atom. The molecule has 2 heterocycles. The lowest BCUT2D eigenvalue weighted by Gasteiger charge is -2.46. The second kappa shape index (κ2) is 25.4.